The minimum Gasteiger partial charge on any atom is -0.334 e. The van der Waals surface area contributed by atoms with Crippen LogP contribution in [-0.4, -0.2) is 28.3 Å². The average molecular weight is 191 g/mol. The molecule has 0 bridgehead atoms. The van der Waals surface area contributed by atoms with Gasteiger partial charge in [0.15, 0.2) is 0 Å². The van der Waals surface area contributed by atoms with Gasteiger partial charge in [-0.15, -0.1) is 0 Å². The largest absolute Gasteiger partial charge is 0.334 e. The summed E-state index contributed by atoms with van der Waals surface area (Å²) in [5, 5.41) is 0. The lowest BCUT2D eigenvalue weighted by Gasteiger charge is -2.08. The third-order valence-electron chi connectivity index (χ3n) is 2.06. The van der Waals surface area contributed by atoms with Crippen LogP contribution in [0.5, 0.6) is 0 Å². The fourth-order valence-electron chi connectivity index (χ4n) is 1.17. The fraction of sp³-hybridized carbons (Fsp3) is 0.273. The predicted molar refractivity (Wildman–Crippen MR) is 62.5 cm³/mol. The van der Waals surface area contributed by atoms with E-state index < -0.39 is 0 Å². The molecule has 1 nitrogen and oxygen atoms in total. The summed E-state index contributed by atoms with van der Waals surface area (Å²) >= 11 is 0. The van der Waals surface area contributed by atoms with E-state index in [4.69, 9.17) is 0 Å². The number of hydrogen-bond acceptors (Lipinski definition) is 1. The zero-order valence-corrected chi connectivity index (χ0v) is 9.87. The van der Waals surface area contributed by atoms with Crippen molar-refractivity contribution in [2.75, 3.05) is 14.1 Å². The Hall–Kier alpha value is -0.863. The summed E-state index contributed by atoms with van der Waals surface area (Å²) < 4.78 is 2.33. The number of nitrogens with zero attached hydrogens (tertiary/aromatic N) is 1. The zero-order valence-electron chi connectivity index (χ0n) is 8.46. The van der Waals surface area contributed by atoms with E-state index in [1.165, 1.54) is 17.2 Å². The van der Waals surface area contributed by atoms with Crippen molar-refractivity contribution in [3.05, 3.63) is 42.0 Å². The first kappa shape index (κ1) is 10.2. The smallest absolute Gasteiger partial charge is 0.0986 e. The average Bonchev–Trinajstić information content (AvgIpc) is 2.15. The molecular formula is C11H17NSi. The molecule has 0 N–H and O–H groups in total. The molecule has 0 spiro atoms. The lowest BCUT2D eigenvalue weighted by Crippen LogP contribution is -2.19. The number of benzene rings is 1. The normalized spacial score (nSPS) is 11.3. The second-order valence-electron chi connectivity index (χ2n) is 3.50. The summed E-state index contributed by atoms with van der Waals surface area (Å²) in [4.78, 5) is 0. The van der Waals surface area contributed by atoms with Crippen molar-refractivity contribution in [1.82, 2.24) is 4.57 Å². The van der Waals surface area contributed by atoms with Gasteiger partial charge in [0.2, 0.25) is 0 Å². The monoisotopic (exact) mass is 191 g/mol. The lowest BCUT2D eigenvalue weighted by molar-refractivity contribution is 0.657. The van der Waals surface area contributed by atoms with E-state index in [2.05, 4.69) is 49.5 Å². The van der Waals surface area contributed by atoms with Gasteiger partial charge in [-0.25, -0.2) is 0 Å². The third kappa shape index (κ3) is 3.57. The van der Waals surface area contributed by atoms with Crippen LogP contribution in [0.25, 0.3) is 6.08 Å². The molecule has 1 aromatic rings. The molecule has 0 atom stereocenters. The molecule has 70 valence electrons. The maximum atomic E-state index is 3.74. The Morgan fingerprint density at radius 2 is 1.92 bits per heavy atom. The summed E-state index contributed by atoms with van der Waals surface area (Å²) in [5.74, 6) is 0. The molecule has 0 aliphatic carbocycles. The highest BCUT2D eigenvalue weighted by atomic mass is 28.2. The topological polar surface area (TPSA) is 3.24 Å². The molecule has 0 saturated heterocycles. The molecule has 2 heteroatoms. The molecule has 0 saturated carbocycles. The summed E-state index contributed by atoms with van der Waals surface area (Å²) in [6.07, 6.45) is 1.88. The molecule has 1 aromatic carbocycles. The van der Waals surface area contributed by atoms with Crippen LogP contribution in [0.4, 0.5) is 0 Å². The van der Waals surface area contributed by atoms with Gasteiger partial charge in [0.1, 0.15) is 0 Å². The van der Waals surface area contributed by atoms with Gasteiger partial charge in [-0.2, -0.15) is 0 Å². The van der Waals surface area contributed by atoms with Crippen molar-refractivity contribution in [2.24, 2.45) is 0 Å². The Balaban J connectivity index is 2.54. The second kappa shape index (κ2) is 4.99. The fourth-order valence-corrected chi connectivity index (χ4v) is 2.21. The van der Waals surface area contributed by atoms with Crippen molar-refractivity contribution < 1.29 is 0 Å². The first-order valence-electron chi connectivity index (χ1n) is 4.58. The molecule has 0 aliphatic rings. The van der Waals surface area contributed by atoms with Gasteiger partial charge in [0.05, 0.1) is 9.68 Å². The van der Waals surface area contributed by atoms with Gasteiger partial charge in [-0.05, 0) is 31.3 Å². The maximum absolute atomic E-state index is 3.74. The van der Waals surface area contributed by atoms with Gasteiger partial charge < -0.3 is 4.57 Å². The Bertz CT molecular complexity index is 264. The summed E-state index contributed by atoms with van der Waals surface area (Å²) in [7, 11) is 4.25. The second-order valence-corrected chi connectivity index (χ2v) is 5.71. The van der Waals surface area contributed by atoms with Gasteiger partial charge in [0.25, 0.3) is 0 Å². The molecule has 13 heavy (non-hydrogen) atoms. The van der Waals surface area contributed by atoms with Crippen molar-refractivity contribution in [3.63, 3.8) is 0 Å². The van der Waals surface area contributed by atoms with Gasteiger partial charge >= 0.3 is 0 Å². The van der Waals surface area contributed by atoms with E-state index in [0.717, 1.165) is 0 Å². The minimum absolute atomic E-state index is 0.0633. The Morgan fingerprint density at radius 1 is 1.31 bits per heavy atom. The number of rotatable bonds is 4. The van der Waals surface area contributed by atoms with E-state index in [1.54, 1.807) is 0 Å². The first-order valence-corrected chi connectivity index (χ1v) is 6.21. The predicted octanol–water partition coefficient (Wildman–Crippen LogP) is 1.48. The lowest BCUT2D eigenvalue weighted by atomic mass is 10.1. The van der Waals surface area contributed by atoms with Crippen LogP contribution in [-0.2, 0) is 6.04 Å². The van der Waals surface area contributed by atoms with Crippen LogP contribution in [0.1, 0.15) is 11.1 Å². The zero-order chi connectivity index (χ0) is 9.68. The van der Waals surface area contributed by atoms with Crippen molar-refractivity contribution in [3.8, 4) is 0 Å². The van der Waals surface area contributed by atoms with Crippen LogP contribution in [0.3, 0.4) is 0 Å². The van der Waals surface area contributed by atoms with Crippen molar-refractivity contribution >= 4 is 15.8 Å². The van der Waals surface area contributed by atoms with Crippen LogP contribution >= 0.6 is 0 Å². The van der Waals surface area contributed by atoms with Crippen LogP contribution < -0.4 is 0 Å². The molecule has 0 unspecified atom stereocenters. The molecule has 1 rings (SSSR count). The highest BCUT2D eigenvalue weighted by molar-refractivity contribution is 6.31. The van der Waals surface area contributed by atoms with Crippen LogP contribution in [0.15, 0.2) is 30.8 Å². The molecular weight excluding hydrogens is 174 g/mol. The van der Waals surface area contributed by atoms with Gasteiger partial charge in [-0.1, -0.05) is 36.9 Å². The maximum Gasteiger partial charge on any atom is 0.0986 e. The van der Waals surface area contributed by atoms with Gasteiger partial charge in [-0.3, -0.25) is 0 Å². The van der Waals surface area contributed by atoms with Crippen molar-refractivity contribution in [2.45, 2.75) is 6.04 Å². The van der Waals surface area contributed by atoms with Crippen LogP contribution in [0, 0.1) is 0 Å². The van der Waals surface area contributed by atoms with E-state index in [9.17, 15) is 0 Å². The van der Waals surface area contributed by atoms with E-state index in [0.29, 0.717) is 0 Å². The Kier molecular flexibility index (Phi) is 3.93. The third-order valence-corrected chi connectivity index (χ3v) is 3.76. The summed E-state index contributed by atoms with van der Waals surface area (Å²) in [5.41, 5.74) is 2.65. The van der Waals surface area contributed by atoms with E-state index in [1.807, 2.05) is 6.08 Å². The number of hydrogen-bond donors (Lipinski definition) is 0. The Morgan fingerprint density at radius 3 is 2.38 bits per heavy atom. The standard InChI is InChI=1S/C11H17NSi/c1-4-10-5-7-11(8-6-10)9-13-12(2)3/h4-8H,1,9,13H2,2-3H3. The molecule has 0 radical (unpaired) electrons. The SMILES string of the molecule is C=Cc1ccc(C[SiH2]N(C)C)cc1. The van der Waals surface area contributed by atoms with Gasteiger partial charge in [0, 0.05) is 0 Å². The quantitative estimate of drug-likeness (QED) is 0.652. The molecule has 0 fully saturated rings. The van der Waals surface area contributed by atoms with Crippen molar-refractivity contribution in [1.29, 1.82) is 0 Å². The van der Waals surface area contributed by atoms with Crippen LogP contribution in [0.2, 0.25) is 0 Å². The highest BCUT2D eigenvalue weighted by Crippen LogP contribution is 2.05. The first-order chi connectivity index (χ1) is 6.22. The molecule has 0 heterocycles. The summed E-state index contributed by atoms with van der Waals surface area (Å²) in [6.45, 7) is 3.74. The highest BCUT2D eigenvalue weighted by Gasteiger charge is 1.94. The molecule has 0 aromatic heterocycles. The molecule has 0 amide bonds. The molecule has 0 aliphatic heterocycles. The minimum atomic E-state index is -0.0633. The van der Waals surface area contributed by atoms with E-state index in [-0.39, 0.29) is 9.68 Å². The van der Waals surface area contributed by atoms with E-state index >= 15 is 0 Å². The Labute approximate surface area is 83.0 Å². The summed E-state index contributed by atoms with van der Waals surface area (Å²) in [6, 6.07) is 9.92.